The van der Waals surface area contributed by atoms with Crippen LogP contribution in [0.2, 0.25) is 5.02 Å². The van der Waals surface area contributed by atoms with Gasteiger partial charge in [-0.05, 0) is 6.07 Å². The van der Waals surface area contributed by atoms with Crippen LogP contribution in [0, 0.1) is 11.8 Å². The summed E-state index contributed by atoms with van der Waals surface area (Å²) >= 11 is 5.66. The van der Waals surface area contributed by atoms with Gasteiger partial charge in [-0.2, -0.15) is 0 Å². The van der Waals surface area contributed by atoms with E-state index < -0.39 is 5.97 Å². The Morgan fingerprint density at radius 2 is 2.43 bits per heavy atom. The maximum atomic E-state index is 10.7. The zero-order valence-corrected chi connectivity index (χ0v) is 8.13. The highest BCUT2D eigenvalue weighted by Crippen LogP contribution is 2.13. The first-order valence-corrected chi connectivity index (χ1v) is 4.02. The van der Waals surface area contributed by atoms with Gasteiger partial charge in [-0.3, -0.25) is 0 Å². The molecule has 0 aliphatic heterocycles. The molecule has 1 rings (SSSR count). The smallest absolute Gasteiger partial charge is 0.384 e. The molecule has 0 unspecified atom stereocenters. The minimum Gasteiger partial charge on any atom is -0.459 e. The van der Waals surface area contributed by atoms with Crippen LogP contribution in [-0.2, 0) is 9.53 Å². The van der Waals surface area contributed by atoms with Gasteiger partial charge in [0.25, 0.3) is 0 Å². The first-order chi connectivity index (χ1) is 6.63. The summed E-state index contributed by atoms with van der Waals surface area (Å²) in [4.78, 5) is 14.5. The number of nitrogens with zero attached hydrogens (tertiary/aromatic N) is 1. The van der Waals surface area contributed by atoms with Gasteiger partial charge in [0.05, 0.1) is 17.7 Å². The molecule has 4 nitrogen and oxygen atoms in total. The van der Waals surface area contributed by atoms with Crippen molar-refractivity contribution in [3.05, 3.63) is 22.8 Å². The van der Waals surface area contributed by atoms with Crippen LogP contribution < -0.4 is 5.73 Å². The van der Waals surface area contributed by atoms with Gasteiger partial charge in [0, 0.05) is 12.1 Å². The van der Waals surface area contributed by atoms with Crippen molar-refractivity contribution >= 4 is 23.4 Å². The van der Waals surface area contributed by atoms with Gasteiger partial charge < -0.3 is 10.5 Å². The lowest BCUT2D eigenvalue weighted by molar-refractivity contribution is -0.133. The van der Waals surface area contributed by atoms with Crippen LogP contribution in [0.25, 0.3) is 0 Å². The van der Waals surface area contributed by atoms with Crippen LogP contribution in [-0.4, -0.2) is 18.1 Å². The number of nitrogen functional groups attached to an aromatic ring is 1. The van der Waals surface area contributed by atoms with E-state index in [0.29, 0.717) is 10.6 Å². The number of esters is 1. The maximum absolute atomic E-state index is 10.7. The minimum atomic E-state index is -0.635. The molecule has 0 aromatic carbocycles. The first kappa shape index (κ1) is 10.4. The molecule has 1 aromatic rings. The molecular formula is C9H7ClN2O2. The Morgan fingerprint density at radius 1 is 1.71 bits per heavy atom. The second-order valence-corrected chi connectivity index (χ2v) is 2.76. The lowest BCUT2D eigenvalue weighted by atomic mass is 10.2. The highest BCUT2D eigenvalue weighted by molar-refractivity contribution is 6.30. The quantitative estimate of drug-likeness (QED) is 0.509. The van der Waals surface area contributed by atoms with Crippen LogP contribution in [0.4, 0.5) is 5.82 Å². The molecule has 1 aromatic heterocycles. The van der Waals surface area contributed by atoms with E-state index in [1.165, 1.54) is 19.4 Å². The molecule has 2 N–H and O–H groups in total. The highest BCUT2D eigenvalue weighted by Gasteiger charge is 1.98. The second kappa shape index (κ2) is 4.49. The zero-order valence-electron chi connectivity index (χ0n) is 7.37. The van der Waals surface area contributed by atoms with Crippen LogP contribution >= 0.6 is 11.6 Å². The standard InChI is InChI=1S/C9H7ClN2O2/c1-14-8(13)3-2-6-4-7(10)5-12-9(6)11/h4-5H,1H3,(H2,11,12). The van der Waals surface area contributed by atoms with Crippen molar-refractivity contribution in [1.82, 2.24) is 4.98 Å². The van der Waals surface area contributed by atoms with E-state index in [9.17, 15) is 4.79 Å². The van der Waals surface area contributed by atoms with Gasteiger partial charge in [-0.1, -0.05) is 17.5 Å². The fraction of sp³-hybridized carbons (Fsp3) is 0.111. The predicted octanol–water partition coefficient (Wildman–Crippen LogP) is 0.842. The third kappa shape index (κ3) is 2.64. The average molecular weight is 211 g/mol. The molecule has 0 aliphatic carbocycles. The fourth-order valence-corrected chi connectivity index (χ4v) is 0.877. The lowest BCUT2D eigenvalue weighted by Crippen LogP contribution is -1.97. The van der Waals surface area contributed by atoms with E-state index >= 15 is 0 Å². The van der Waals surface area contributed by atoms with Gasteiger partial charge in [0.1, 0.15) is 5.82 Å². The summed E-state index contributed by atoms with van der Waals surface area (Å²) in [7, 11) is 1.25. The van der Waals surface area contributed by atoms with Crippen molar-refractivity contribution in [2.45, 2.75) is 0 Å². The van der Waals surface area contributed by atoms with Crippen molar-refractivity contribution < 1.29 is 9.53 Å². The molecule has 0 saturated heterocycles. The van der Waals surface area contributed by atoms with E-state index in [1.807, 2.05) is 0 Å². The number of rotatable bonds is 0. The third-order valence-electron chi connectivity index (χ3n) is 1.37. The SMILES string of the molecule is COC(=O)C#Cc1cc(Cl)cnc1N. The average Bonchev–Trinajstić information content (AvgIpc) is 2.19. The molecule has 0 amide bonds. The number of hydrogen-bond acceptors (Lipinski definition) is 4. The molecule has 1 heterocycles. The van der Waals surface area contributed by atoms with Gasteiger partial charge >= 0.3 is 5.97 Å². The zero-order chi connectivity index (χ0) is 10.6. The monoisotopic (exact) mass is 210 g/mol. The molecule has 0 radical (unpaired) electrons. The van der Waals surface area contributed by atoms with Gasteiger partial charge in [0.2, 0.25) is 0 Å². The molecule has 0 spiro atoms. The van der Waals surface area contributed by atoms with Crippen LogP contribution in [0.15, 0.2) is 12.3 Å². The molecule has 0 aliphatic rings. The highest BCUT2D eigenvalue weighted by atomic mass is 35.5. The number of hydrogen-bond donors (Lipinski definition) is 1. The number of methoxy groups -OCH3 is 1. The van der Waals surface area contributed by atoms with Crippen molar-refractivity contribution in [1.29, 1.82) is 0 Å². The van der Waals surface area contributed by atoms with E-state index in [1.54, 1.807) is 0 Å². The largest absolute Gasteiger partial charge is 0.459 e. The molecule has 0 fully saturated rings. The lowest BCUT2D eigenvalue weighted by Gasteiger charge is -1.96. The Bertz CT molecular complexity index is 421. The molecule has 14 heavy (non-hydrogen) atoms. The number of carbonyl (C=O) groups excluding carboxylic acids is 1. The first-order valence-electron chi connectivity index (χ1n) is 3.64. The summed E-state index contributed by atoms with van der Waals surface area (Å²) in [5.74, 6) is 4.33. The van der Waals surface area contributed by atoms with E-state index in [-0.39, 0.29) is 5.82 Å². The number of nitrogens with two attached hydrogens (primary N) is 1. The van der Waals surface area contributed by atoms with Crippen LogP contribution in [0.3, 0.4) is 0 Å². The van der Waals surface area contributed by atoms with Crippen LogP contribution in [0.5, 0.6) is 0 Å². The summed E-state index contributed by atoms with van der Waals surface area (Å²) in [6.45, 7) is 0. The molecule has 0 atom stereocenters. The molecule has 0 bridgehead atoms. The predicted molar refractivity (Wildman–Crippen MR) is 52.6 cm³/mol. The van der Waals surface area contributed by atoms with Crippen molar-refractivity contribution in [3.63, 3.8) is 0 Å². The summed E-state index contributed by atoms with van der Waals surface area (Å²) in [6.07, 6.45) is 1.40. The summed E-state index contributed by atoms with van der Waals surface area (Å²) in [6, 6.07) is 1.53. The Hall–Kier alpha value is -1.73. The van der Waals surface area contributed by atoms with E-state index in [0.717, 1.165) is 0 Å². The Labute approximate surface area is 86.0 Å². The maximum Gasteiger partial charge on any atom is 0.384 e. The number of ether oxygens (including phenoxy) is 1. The number of pyridine rings is 1. The number of carbonyl (C=O) groups is 1. The summed E-state index contributed by atoms with van der Waals surface area (Å²) in [5, 5.41) is 0.411. The van der Waals surface area contributed by atoms with Gasteiger partial charge in [-0.25, -0.2) is 9.78 Å². The van der Waals surface area contributed by atoms with Crippen LogP contribution in [0.1, 0.15) is 5.56 Å². The van der Waals surface area contributed by atoms with Gasteiger partial charge in [-0.15, -0.1) is 0 Å². The van der Waals surface area contributed by atoms with Crippen molar-refractivity contribution in [2.24, 2.45) is 0 Å². The van der Waals surface area contributed by atoms with Gasteiger partial charge in [0.15, 0.2) is 0 Å². The minimum absolute atomic E-state index is 0.228. The van der Waals surface area contributed by atoms with Crippen molar-refractivity contribution in [3.8, 4) is 11.8 Å². The Morgan fingerprint density at radius 3 is 3.07 bits per heavy atom. The fourth-order valence-electron chi connectivity index (χ4n) is 0.719. The summed E-state index contributed by atoms with van der Waals surface area (Å²) in [5.41, 5.74) is 5.90. The second-order valence-electron chi connectivity index (χ2n) is 2.33. The number of anilines is 1. The third-order valence-corrected chi connectivity index (χ3v) is 1.58. The molecular weight excluding hydrogens is 204 g/mol. The Balaban J connectivity index is 3.00. The molecule has 0 saturated carbocycles. The molecule has 72 valence electrons. The topological polar surface area (TPSA) is 65.2 Å². The number of aromatic nitrogens is 1. The Kier molecular flexibility index (Phi) is 3.32. The van der Waals surface area contributed by atoms with E-state index in [2.05, 4.69) is 21.6 Å². The normalized spacial score (nSPS) is 8.71. The van der Waals surface area contributed by atoms with E-state index in [4.69, 9.17) is 17.3 Å². The molecule has 5 heteroatoms. The van der Waals surface area contributed by atoms with Crippen molar-refractivity contribution in [2.75, 3.05) is 12.8 Å². The summed E-state index contributed by atoms with van der Waals surface area (Å²) < 4.78 is 4.34. The number of halogens is 1.